The van der Waals surface area contributed by atoms with Crippen molar-refractivity contribution in [3.05, 3.63) is 66.0 Å². The van der Waals surface area contributed by atoms with Gasteiger partial charge in [-0.15, -0.1) is 0 Å². The molecule has 1 fully saturated rings. The van der Waals surface area contributed by atoms with Crippen LogP contribution in [0.25, 0.3) is 0 Å². The van der Waals surface area contributed by atoms with E-state index in [1.807, 2.05) is 23.1 Å². The quantitative estimate of drug-likeness (QED) is 0.849. The fourth-order valence-corrected chi connectivity index (χ4v) is 3.13. The molecule has 126 valence electrons. The van der Waals surface area contributed by atoms with E-state index in [0.717, 1.165) is 32.4 Å². The summed E-state index contributed by atoms with van der Waals surface area (Å²) >= 11 is 0. The average Bonchev–Trinajstić information content (AvgIpc) is 2.88. The van der Waals surface area contributed by atoms with E-state index in [0.29, 0.717) is 11.7 Å². The van der Waals surface area contributed by atoms with Gasteiger partial charge in [0.25, 0.3) is 5.91 Å². The molecule has 2 aromatic carbocycles. The summed E-state index contributed by atoms with van der Waals surface area (Å²) < 4.78 is 18.4. The number of amides is 1. The van der Waals surface area contributed by atoms with Gasteiger partial charge in [-0.2, -0.15) is 0 Å². The molecule has 3 nitrogen and oxygen atoms in total. The molecular weight excluding hydrogens is 305 g/mol. The Hall–Kier alpha value is -2.36. The van der Waals surface area contributed by atoms with E-state index in [1.54, 1.807) is 0 Å². The molecule has 0 radical (unpaired) electrons. The van der Waals surface area contributed by atoms with Gasteiger partial charge in [0.1, 0.15) is 11.6 Å². The highest BCUT2D eigenvalue weighted by Gasteiger charge is 2.23. The number of halogens is 1. The minimum Gasteiger partial charge on any atom is -0.484 e. The predicted molar refractivity (Wildman–Crippen MR) is 91.5 cm³/mol. The number of benzene rings is 2. The van der Waals surface area contributed by atoms with Crippen LogP contribution in [0.2, 0.25) is 0 Å². The van der Waals surface area contributed by atoms with Crippen molar-refractivity contribution >= 4 is 5.91 Å². The topological polar surface area (TPSA) is 29.5 Å². The fourth-order valence-electron chi connectivity index (χ4n) is 3.13. The van der Waals surface area contributed by atoms with E-state index in [-0.39, 0.29) is 18.3 Å². The summed E-state index contributed by atoms with van der Waals surface area (Å²) in [4.78, 5) is 14.4. The van der Waals surface area contributed by atoms with Crippen LogP contribution in [0, 0.1) is 5.82 Å². The number of rotatable bonds is 4. The van der Waals surface area contributed by atoms with Gasteiger partial charge in [0.2, 0.25) is 0 Å². The Morgan fingerprint density at radius 2 is 1.83 bits per heavy atom. The largest absolute Gasteiger partial charge is 0.484 e. The fraction of sp³-hybridized carbons (Fsp3) is 0.350. The molecule has 1 amide bonds. The van der Waals surface area contributed by atoms with Crippen LogP contribution in [-0.2, 0) is 4.79 Å². The Bertz CT molecular complexity index is 657. The SMILES string of the molecule is O=C(COc1ccc(F)cc1)N1CCCCC(c2ccccc2)C1. The normalized spacial score (nSPS) is 18.0. The van der Waals surface area contributed by atoms with E-state index < -0.39 is 0 Å². The smallest absolute Gasteiger partial charge is 0.260 e. The predicted octanol–water partition coefficient (Wildman–Crippen LogP) is 4.00. The van der Waals surface area contributed by atoms with Gasteiger partial charge in [0.15, 0.2) is 6.61 Å². The van der Waals surface area contributed by atoms with Crippen LogP contribution in [0.15, 0.2) is 54.6 Å². The standard InChI is InChI=1S/C20H22FNO2/c21-18-9-11-19(12-10-18)24-15-20(23)22-13-5-4-8-17(14-22)16-6-2-1-3-7-16/h1-3,6-7,9-12,17H,4-5,8,13-15H2. The first-order valence-corrected chi connectivity index (χ1v) is 8.43. The van der Waals surface area contributed by atoms with E-state index in [4.69, 9.17) is 4.74 Å². The number of hydrogen-bond donors (Lipinski definition) is 0. The van der Waals surface area contributed by atoms with E-state index in [2.05, 4.69) is 12.1 Å². The lowest BCUT2D eigenvalue weighted by molar-refractivity contribution is -0.133. The van der Waals surface area contributed by atoms with E-state index in [1.165, 1.54) is 29.8 Å². The highest BCUT2D eigenvalue weighted by molar-refractivity contribution is 5.77. The molecule has 3 rings (SSSR count). The highest BCUT2D eigenvalue weighted by Crippen LogP contribution is 2.26. The van der Waals surface area contributed by atoms with Gasteiger partial charge < -0.3 is 9.64 Å². The molecule has 0 spiro atoms. The Morgan fingerprint density at radius 1 is 1.08 bits per heavy atom. The van der Waals surface area contributed by atoms with Crippen LogP contribution >= 0.6 is 0 Å². The first-order chi connectivity index (χ1) is 11.7. The molecule has 2 aromatic rings. The molecule has 4 heteroatoms. The third-order valence-electron chi connectivity index (χ3n) is 4.47. The Balaban J connectivity index is 1.59. The van der Waals surface area contributed by atoms with Crippen LogP contribution in [0.5, 0.6) is 5.75 Å². The third-order valence-corrected chi connectivity index (χ3v) is 4.47. The summed E-state index contributed by atoms with van der Waals surface area (Å²) in [5.41, 5.74) is 1.29. The number of ether oxygens (including phenoxy) is 1. The summed E-state index contributed by atoms with van der Waals surface area (Å²) in [6, 6.07) is 16.1. The number of hydrogen-bond acceptors (Lipinski definition) is 2. The lowest BCUT2D eigenvalue weighted by Crippen LogP contribution is -2.37. The van der Waals surface area contributed by atoms with Crippen molar-refractivity contribution in [3.63, 3.8) is 0 Å². The average molecular weight is 327 g/mol. The van der Waals surface area contributed by atoms with Crippen LogP contribution in [0.1, 0.15) is 30.7 Å². The number of carbonyl (C=O) groups excluding carboxylic acids is 1. The molecule has 0 bridgehead atoms. The molecule has 24 heavy (non-hydrogen) atoms. The Kier molecular flexibility index (Phi) is 5.47. The molecular formula is C20H22FNO2. The first-order valence-electron chi connectivity index (χ1n) is 8.43. The van der Waals surface area contributed by atoms with Gasteiger partial charge in [0.05, 0.1) is 0 Å². The minimum absolute atomic E-state index is 0.00680. The molecule has 1 saturated heterocycles. The summed E-state index contributed by atoms with van der Waals surface area (Å²) in [6.07, 6.45) is 3.25. The van der Waals surface area contributed by atoms with Gasteiger partial charge in [-0.25, -0.2) is 4.39 Å². The van der Waals surface area contributed by atoms with Crippen molar-refractivity contribution in [2.45, 2.75) is 25.2 Å². The maximum atomic E-state index is 12.9. The van der Waals surface area contributed by atoms with Crippen molar-refractivity contribution < 1.29 is 13.9 Å². The van der Waals surface area contributed by atoms with Crippen molar-refractivity contribution in [3.8, 4) is 5.75 Å². The zero-order valence-corrected chi connectivity index (χ0v) is 13.7. The second-order valence-electron chi connectivity index (χ2n) is 6.19. The monoisotopic (exact) mass is 327 g/mol. The molecule has 0 N–H and O–H groups in total. The third kappa shape index (κ3) is 4.34. The zero-order valence-electron chi connectivity index (χ0n) is 13.7. The van der Waals surface area contributed by atoms with E-state index in [9.17, 15) is 9.18 Å². The molecule has 1 atom stereocenters. The van der Waals surface area contributed by atoms with Crippen molar-refractivity contribution in [2.75, 3.05) is 19.7 Å². The van der Waals surface area contributed by atoms with Crippen LogP contribution in [-0.4, -0.2) is 30.5 Å². The number of likely N-dealkylation sites (tertiary alicyclic amines) is 1. The van der Waals surface area contributed by atoms with Crippen LogP contribution in [0.4, 0.5) is 4.39 Å². The van der Waals surface area contributed by atoms with Crippen LogP contribution < -0.4 is 4.74 Å². The van der Waals surface area contributed by atoms with Crippen molar-refractivity contribution in [1.82, 2.24) is 4.90 Å². The number of nitrogens with zero attached hydrogens (tertiary/aromatic N) is 1. The Morgan fingerprint density at radius 3 is 2.58 bits per heavy atom. The molecule has 1 unspecified atom stereocenters. The van der Waals surface area contributed by atoms with Crippen molar-refractivity contribution in [1.29, 1.82) is 0 Å². The second-order valence-corrected chi connectivity index (χ2v) is 6.19. The van der Waals surface area contributed by atoms with Crippen molar-refractivity contribution in [2.24, 2.45) is 0 Å². The van der Waals surface area contributed by atoms with Gasteiger partial charge in [-0.05, 0) is 42.7 Å². The molecule has 1 heterocycles. The summed E-state index contributed by atoms with van der Waals surface area (Å²) in [6.45, 7) is 1.50. The van der Waals surface area contributed by atoms with Gasteiger partial charge in [-0.1, -0.05) is 36.8 Å². The summed E-state index contributed by atoms with van der Waals surface area (Å²) in [7, 11) is 0. The van der Waals surface area contributed by atoms with Crippen LogP contribution in [0.3, 0.4) is 0 Å². The molecule has 1 aliphatic rings. The van der Waals surface area contributed by atoms with Gasteiger partial charge in [0, 0.05) is 19.0 Å². The molecule has 1 aliphatic heterocycles. The number of carbonyl (C=O) groups is 1. The molecule has 0 aromatic heterocycles. The van der Waals surface area contributed by atoms with Gasteiger partial charge >= 0.3 is 0 Å². The summed E-state index contributed by atoms with van der Waals surface area (Å²) in [5, 5.41) is 0. The second kappa shape index (κ2) is 7.95. The Labute approximate surface area is 142 Å². The van der Waals surface area contributed by atoms with Gasteiger partial charge in [-0.3, -0.25) is 4.79 Å². The lowest BCUT2D eigenvalue weighted by Gasteiger charge is -2.25. The molecule has 0 aliphatic carbocycles. The maximum Gasteiger partial charge on any atom is 0.260 e. The zero-order chi connectivity index (χ0) is 16.8. The maximum absolute atomic E-state index is 12.9. The highest BCUT2D eigenvalue weighted by atomic mass is 19.1. The van der Waals surface area contributed by atoms with E-state index >= 15 is 0 Å². The molecule has 0 saturated carbocycles. The lowest BCUT2D eigenvalue weighted by atomic mass is 9.94. The summed E-state index contributed by atoms with van der Waals surface area (Å²) in [5.74, 6) is 0.566. The minimum atomic E-state index is -0.313. The first kappa shape index (κ1) is 16.5.